The van der Waals surface area contributed by atoms with Crippen molar-refractivity contribution in [3.05, 3.63) is 36.7 Å². The fraction of sp³-hybridized carbons (Fsp3) is 0.412. The van der Waals surface area contributed by atoms with Crippen molar-refractivity contribution in [1.29, 1.82) is 0 Å². The van der Waals surface area contributed by atoms with Crippen LogP contribution in [0.25, 0.3) is 11.4 Å². The molecule has 2 N–H and O–H groups in total. The molecule has 2 aromatic rings. The van der Waals surface area contributed by atoms with Gasteiger partial charge in [0.25, 0.3) is 0 Å². The molecule has 1 aromatic carbocycles. The second-order valence-corrected chi connectivity index (χ2v) is 6.01. The normalized spacial score (nSPS) is 18.0. The number of anilines is 1. The lowest BCUT2D eigenvalue weighted by Crippen LogP contribution is -2.43. The molecule has 1 aliphatic rings. The molecule has 122 valence electrons. The SMILES string of the molecule is Cn1ccnc1-c1cccc(NC(=O)N2CCCC(CO)C2)c1. The van der Waals surface area contributed by atoms with Crippen molar-refractivity contribution < 1.29 is 9.90 Å². The molecule has 0 spiro atoms. The van der Waals surface area contributed by atoms with Gasteiger partial charge in [-0.25, -0.2) is 9.78 Å². The molecule has 1 fully saturated rings. The van der Waals surface area contributed by atoms with E-state index in [0.717, 1.165) is 36.5 Å². The van der Waals surface area contributed by atoms with E-state index in [4.69, 9.17) is 0 Å². The molecule has 0 saturated carbocycles. The van der Waals surface area contributed by atoms with E-state index in [2.05, 4.69) is 10.3 Å². The molecule has 1 aliphatic heterocycles. The maximum absolute atomic E-state index is 12.4. The fourth-order valence-electron chi connectivity index (χ4n) is 2.98. The number of amides is 2. The quantitative estimate of drug-likeness (QED) is 0.913. The van der Waals surface area contributed by atoms with Crippen molar-refractivity contribution in [3.8, 4) is 11.4 Å². The number of nitrogens with one attached hydrogen (secondary N) is 1. The topological polar surface area (TPSA) is 70.4 Å². The molecule has 1 saturated heterocycles. The summed E-state index contributed by atoms with van der Waals surface area (Å²) in [5.74, 6) is 1.05. The number of aryl methyl sites for hydroxylation is 1. The smallest absolute Gasteiger partial charge is 0.321 e. The minimum absolute atomic E-state index is 0.111. The summed E-state index contributed by atoms with van der Waals surface area (Å²) < 4.78 is 1.94. The second kappa shape index (κ2) is 6.83. The summed E-state index contributed by atoms with van der Waals surface area (Å²) >= 11 is 0. The first-order valence-electron chi connectivity index (χ1n) is 7.92. The van der Waals surface area contributed by atoms with Gasteiger partial charge in [-0.1, -0.05) is 12.1 Å². The molecule has 6 nitrogen and oxygen atoms in total. The average molecular weight is 314 g/mol. The minimum Gasteiger partial charge on any atom is -0.396 e. The Balaban J connectivity index is 1.70. The number of aromatic nitrogens is 2. The van der Waals surface area contributed by atoms with Crippen molar-refractivity contribution in [2.45, 2.75) is 12.8 Å². The van der Waals surface area contributed by atoms with Gasteiger partial charge in [0, 0.05) is 50.4 Å². The Hall–Kier alpha value is -2.34. The molecule has 1 unspecified atom stereocenters. The number of rotatable bonds is 3. The summed E-state index contributed by atoms with van der Waals surface area (Å²) in [6.07, 6.45) is 5.56. The van der Waals surface area contributed by atoms with Crippen LogP contribution in [-0.2, 0) is 7.05 Å². The summed E-state index contributed by atoms with van der Waals surface area (Å²) in [5, 5.41) is 12.2. The number of aliphatic hydroxyl groups excluding tert-OH is 1. The Morgan fingerprint density at radius 2 is 2.35 bits per heavy atom. The van der Waals surface area contributed by atoms with Gasteiger partial charge in [-0.05, 0) is 30.9 Å². The van der Waals surface area contributed by atoms with Gasteiger partial charge in [0.2, 0.25) is 0 Å². The molecule has 1 aromatic heterocycles. The van der Waals surface area contributed by atoms with Crippen molar-refractivity contribution in [3.63, 3.8) is 0 Å². The van der Waals surface area contributed by atoms with Gasteiger partial charge in [-0.2, -0.15) is 0 Å². The highest BCUT2D eigenvalue weighted by Gasteiger charge is 2.23. The summed E-state index contributed by atoms with van der Waals surface area (Å²) in [7, 11) is 1.94. The molecule has 2 heterocycles. The first-order valence-corrected chi connectivity index (χ1v) is 7.92. The summed E-state index contributed by atoms with van der Waals surface area (Å²) in [4.78, 5) is 18.5. The van der Waals surface area contributed by atoms with Crippen LogP contribution < -0.4 is 5.32 Å². The fourth-order valence-corrected chi connectivity index (χ4v) is 2.98. The minimum atomic E-state index is -0.111. The lowest BCUT2D eigenvalue weighted by molar-refractivity contribution is 0.136. The lowest BCUT2D eigenvalue weighted by atomic mass is 9.99. The standard InChI is InChI=1S/C17H22N4O2/c1-20-9-7-18-16(20)14-5-2-6-15(10-14)19-17(23)21-8-3-4-13(11-21)12-22/h2,5-7,9-10,13,22H,3-4,8,11-12H2,1H3,(H,19,23). The van der Waals surface area contributed by atoms with Crippen LogP contribution in [0.5, 0.6) is 0 Å². The van der Waals surface area contributed by atoms with Crippen molar-refractivity contribution in [2.75, 3.05) is 25.0 Å². The largest absolute Gasteiger partial charge is 0.396 e. The van der Waals surface area contributed by atoms with Crippen LogP contribution in [0, 0.1) is 5.92 Å². The van der Waals surface area contributed by atoms with E-state index >= 15 is 0 Å². The average Bonchev–Trinajstić information content (AvgIpc) is 3.01. The first kappa shape index (κ1) is 15.6. The zero-order valence-electron chi connectivity index (χ0n) is 13.3. The summed E-state index contributed by atoms with van der Waals surface area (Å²) in [5.41, 5.74) is 1.71. The lowest BCUT2D eigenvalue weighted by Gasteiger charge is -2.31. The molecule has 0 aliphatic carbocycles. The van der Waals surface area contributed by atoms with E-state index in [1.165, 1.54) is 0 Å². The number of benzene rings is 1. The van der Waals surface area contributed by atoms with E-state index in [0.29, 0.717) is 6.54 Å². The van der Waals surface area contributed by atoms with Crippen LogP contribution in [-0.4, -0.2) is 45.3 Å². The van der Waals surface area contributed by atoms with Crippen LogP contribution in [0.1, 0.15) is 12.8 Å². The highest BCUT2D eigenvalue weighted by molar-refractivity contribution is 5.90. The third-order valence-corrected chi connectivity index (χ3v) is 4.26. The predicted octanol–water partition coefficient (Wildman–Crippen LogP) is 2.32. The second-order valence-electron chi connectivity index (χ2n) is 6.01. The van der Waals surface area contributed by atoms with Gasteiger partial charge in [0.15, 0.2) is 0 Å². The van der Waals surface area contributed by atoms with Crippen LogP contribution in [0.15, 0.2) is 36.7 Å². The molecule has 3 rings (SSSR count). The van der Waals surface area contributed by atoms with E-state index in [1.54, 1.807) is 11.1 Å². The molecule has 23 heavy (non-hydrogen) atoms. The third kappa shape index (κ3) is 3.53. The van der Waals surface area contributed by atoms with Gasteiger partial charge in [-0.3, -0.25) is 0 Å². The summed E-state index contributed by atoms with van der Waals surface area (Å²) in [6.45, 7) is 1.49. The number of piperidine rings is 1. The zero-order valence-corrected chi connectivity index (χ0v) is 13.3. The number of urea groups is 1. The molecule has 0 radical (unpaired) electrons. The van der Waals surface area contributed by atoms with Crippen molar-refractivity contribution >= 4 is 11.7 Å². The van der Waals surface area contributed by atoms with Crippen LogP contribution in [0.2, 0.25) is 0 Å². The highest BCUT2D eigenvalue weighted by Crippen LogP contribution is 2.22. The Bertz CT molecular complexity index is 683. The molecule has 2 amide bonds. The van der Waals surface area contributed by atoms with Crippen molar-refractivity contribution in [1.82, 2.24) is 14.5 Å². The van der Waals surface area contributed by atoms with Crippen LogP contribution >= 0.6 is 0 Å². The van der Waals surface area contributed by atoms with E-state index < -0.39 is 0 Å². The number of likely N-dealkylation sites (tertiary alicyclic amines) is 1. The number of carbonyl (C=O) groups excluding carboxylic acids is 1. The zero-order chi connectivity index (χ0) is 16.2. The van der Waals surface area contributed by atoms with E-state index in [1.807, 2.05) is 42.1 Å². The van der Waals surface area contributed by atoms with Gasteiger partial charge in [-0.15, -0.1) is 0 Å². The summed E-state index contributed by atoms with van der Waals surface area (Å²) in [6, 6.07) is 7.57. The highest BCUT2D eigenvalue weighted by atomic mass is 16.3. The van der Waals surface area contributed by atoms with Gasteiger partial charge in [0.05, 0.1) is 0 Å². The first-order chi connectivity index (χ1) is 11.2. The van der Waals surface area contributed by atoms with Gasteiger partial charge >= 0.3 is 6.03 Å². The van der Waals surface area contributed by atoms with Gasteiger partial charge in [0.1, 0.15) is 5.82 Å². The number of hydrogen-bond donors (Lipinski definition) is 2. The Kier molecular flexibility index (Phi) is 4.62. The predicted molar refractivity (Wildman–Crippen MR) is 89.0 cm³/mol. The Morgan fingerprint density at radius 1 is 1.48 bits per heavy atom. The number of hydrogen-bond acceptors (Lipinski definition) is 3. The third-order valence-electron chi connectivity index (χ3n) is 4.26. The maximum atomic E-state index is 12.4. The number of imidazole rings is 1. The Labute approximate surface area is 135 Å². The van der Waals surface area contributed by atoms with E-state index in [9.17, 15) is 9.90 Å². The molecular formula is C17H22N4O2. The molecular weight excluding hydrogens is 292 g/mol. The monoisotopic (exact) mass is 314 g/mol. The molecule has 0 bridgehead atoms. The van der Waals surface area contributed by atoms with Crippen LogP contribution in [0.4, 0.5) is 10.5 Å². The van der Waals surface area contributed by atoms with E-state index in [-0.39, 0.29) is 18.6 Å². The van der Waals surface area contributed by atoms with Gasteiger partial charge < -0.3 is 19.9 Å². The van der Waals surface area contributed by atoms with Crippen LogP contribution in [0.3, 0.4) is 0 Å². The molecule has 6 heteroatoms. The number of carbonyl (C=O) groups is 1. The Morgan fingerprint density at radius 3 is 3.09 bits per heavy atom. The maximum Gasteiger partial charge on any atom is 0.321 e. The van der Waals surface area contributed by atoms with Crippen molar-refractivity contribution in [2.24, 2.45) is 13.0 Å². The molecule has 1 atom stereocenters. The number of nitrogens with zero attached hydrogens (tertiary/aromatic N) is 3. The number of aliphatic hydroxyl groups is 1.